The molecule has 0 bridgehead atoms. The van der Waals surface area contributed by atoms with Crippen molar-refractivity contribution in [1.82, 2.24) is 9.38 Å². The number of hydrogen-bond acceptors (Lipinski definition) is 2. The first kappa shape index (κ1) is 17.7. The van der Waals surface area contributed by atoms with Crippen LogP contribution >= 0.6 is 11.8 Å². The summed E-state index contributed by atoms with van der Waals surface area (Å²) < 4.78 is 41.1. The first-order valence-electron chi connectivity index (χ1n) is 8.31. The second-order valence-electron chi connectivity index (χ2n) is 6.19. The van der Waals surface area contributed by atoms with E-state index in [1.807, 2.05) is 61.5 Å². The van der Waals surface area contributed by atoms with E-state index in [-0.39, 0.29) is 0 Å². The Morgan fingerprint density at radius 2 is 1.59 bits per heavy atom. The number of aromatic nitrogens is 2. The summed E-state index contributed by atoms with van der Waals surface area (Å²) in [6.45, 7) is 1.99. The van der Waals surface area contributed by atoms with Crippen LogP contribution in [0.2, 0.25) is 0 Å². The fourth-order valence-corrected chi connectivity index (χ4v) is 3.79. The van der Waals surface area contributed by atoms with Crippen LogP contribution in [0.15, 0.2) is 82.8 Å². The molecule has 4 aromatic rings. The molecule has 2 nitrogen and oxygen atoms in total. The molecule has 2 heterocycles. The third-order valence-electron chi connectivity index (χ3n) is 4.18. The maximum atomic E-state index is 13.2. The molecule has 0 N–H and O–H groups in total. The van der Waals surface area contributed by atoms with Crippen molar-refractivity contribution in [3.05, 3.63) is 84.1 Å². The third kappa shape index (κ3) is 3.57. The summed E-state index contributed by atoms with van der Waals surface area (Å²) in [6.07, 6.45) is -3.29. The highest BCUT2D eigenvalue weighted by atomic mass is 32.2. The Kier molecular flexibility index (Phi) is 4.44. The normalized spacial score (nSPS) is 11.9. The van der Waals surface area contributed by atoms with E-state index in [1.54, 1.807) is 0 Å². The van der Waals surface area contributed by atoms with Gasteiger partial charge in [-0.25, -0.2) is 4.98 Å². The zero-order chi connectivity index (χ0) is 19.0. The first-order valence-corrected chi connectivity index (χ1v) is 9.13. The molecule has 0 radical (unpaired) electrons. The van der Waals surface area contributed by atoms with Crippen LogP contribution in [0.25, 0.3) is 16.9 Å². The van der Waals surface area contributed by atoms with E-state index in [1.165, 1.54) is 22.2 Å². The molecule has 0 amide bonds. The number of nitrogens with zero attached hydrogens (tertiary/aromatic N) is 2. The number of fused-ring (bicyclic) bond motifs is 1. The van der Waals surface area contributed by atoms with Gasteiger partial charge < -0.3 is 0 Å². The van der Waals surface area contributed by atoms with Gasteiger partial charge in [0.25, 0.3) is 0 Å². The minimum atomic E-state index is -4.41. The van der Waals surface area contributed by atoms with E-state index < -0.39 is 11.7 Å². The van der Waals surface area contributed by atoms with Crippen molar-refractivity contribution in [3.8, 4) is 11.3 Å². The van der Waals surface area contributed by atoms with Crippen molar-refractivity contribution >= 4 is 17.4 Å². The molecule has 0 saturated carbocycles. The second-order valence-corrected chi connectivity index (χ2v) is 7.25. The quantitative estimate of drug-likeness (QED) is 0.402. The van der Waals surface area contributed by atoms with Gasteiger partial charge in [-0.2, -0.15) is 13.2 Å². The van der Waals surface area contributed by atoms with Gasteiger partial charge in [0, 0.05) is 16.7 Å². The van der Waals surface area contributed by atoms with Crippen LogP contribution in [-0.4, -0.2) is 9.38 Å². The van der Waals surface area contributed by atoms with Crippen molar-refractivity contribution < 1.29 is 13.2 Å². The Labute approximate surface area is 158 Å². The zero-order valence-electron chi connectivity index (χ0n) is 14.4. The Bertz CT molecular complexity index is 1080. The molecule has 136 valence electrons. The lowest BCUT2D eigenvalue weighted by Gasteiger charge is -2.09. The van der Waals surface area contributed by atoms with Gasteiger partial charge in [0.1, 0.15) is 16.4 Å². The molecule has 2 aromatic heterocycles. The maximum Gasteiger partial charge on any atom is 0.417 e. The zero-order valence-corrected chi connectivity index (χ0v) is 15.2. The van der Waals surface area contributed by atoms with Gasteiger partial charge in [0.2, 0.25) is 0 Å². The van der Waals surface area contributed by atoms with Crippen LogP contribution < -0.4 is 0 Å². The molecule has 0 aliphatic heterocycles. The average Bonchev–Trinajstić information content (AvgIpc) is 3.01. The van der Waals surface area contributed by atoms with Crippen molar-refractivity contribution in [1.29, 1.82) is 0 Å². The Hall–Kier alpha value is -2.73. The summed E-state index contributed by atoms with van der Waals surface area (Å²) in [5, 5.41) is 0.658. The summed E-state index contributed by atoms with van der Waals surface area (Å²) in [4.78, 5) is 5.54. The van der Waals surface area contributed by atoms with Crippen LogP contribution in [-0.2, 0) is 6.18 Å². The fourth-order valence-electron chi connectivity index (χ4n) is 2.79. The molecule has 0 saturated heterocycles. The van der Waals surface area contributed by atoms with E-state index in [9.17, 15) is 13.2 Å². The summed E-state index contributed by atoms with van der Waals surface area (Å²) in [5.41, 5.74) is 2.44. The number of benzene rings is 2. The number of rotatable bonds is 3. The minimum absolute atomic E-state index is 0.483. The number of halogens is 3. The highest BCUT2D eigenvalue weighted by Gasteiger charge is 2.31. The van der Waals surface area contributed by atoms with Gasteiger partial charge in [-0.3, -0.25) is 4.40 Å². The number of alkyl halides is 3. The average molecular weight is 384 g/mol. The van der Waals surface area contributed by atoms with E-state index in [0.29, 0.717) is 16.4 Å². The van der Waals surface area contributed by atoms with Crippen molar-refractivity contribution in [2.75, 3.05) is 0 Å². The number of pyridine rings is 1. The molecule has 27 heavy (non-hydrogen) atoms. The molecule has 0 unspecified atom stereocenters. The fraction of sp³-hybridized carbons (Fsp3) is 0.0952. The van der Waals surface area contributed by atoms with Gasteiger partial charge >= 0.3 is 6.18 Å². The standard InChI is InChI=1S/C21H15F3N2S/c1-14-7-10-17(11-8-14)27-20-19(15-5-3-2-4-6-15)25-18-12-9-16(13-26(18)20)21(22,23)24/h2-13H,1H3. The lowest BCUT2D eigenvalue weighted by molar-refractivity contribution is -0.137. The summed E-state index contributed by atoms with van der Waals surface area (Å²) >= 11 is 1.41. The molecule has 0 fully saturated rings. The summed E-state index contributed by atoms with van der Waals surface area (Å²) in [5.74, 6) is 0. The van der Waals surface area contributed by atoms with Gasteiger partial charge in [0.15, 0.2) is 0 Å². The first-order chi connectivity index (χ1) is 12.9. The van der Waals surface area contributed by atoms with Gasteiger partial charge in [0.05, 0.1) is 5.56 Å². The van der Waals surface area contributed by atoms with Crippen LogP contribution in [0.3, 0.4) is 0 Å². The lowest BCUT2D eigenvalue weighted by Crippen LogP contribution is -2.06. The number of imidazole rings is 1. The Balaban J connectivity index is 1.91. The highest BCUT2D eigenvalue weighted by Crippen LogP contribution is 2.38. The molecule has 0 spiro atoms. The SMILES string of the molecule is Cc1ccc(Sc2c(-c3ccccc3)nc3ccc(C(F)(F)F)cn23)cc1. The van der Waals surface area contributed by atoms with Crippen LogP contribution in [0.1, 0.15) is 11.1 Å². The molecule has 2 aromatic carbocycles. The van der Waals surface area contributed by atoms with Gasteiger partial charge in [-0.05, 0) is 31.2 Å². The lowest BCUT2D eigenvalue weighted by atomic mass is 10.2. The van der Waals surface area contributed by atoms with E-state index in [0.717, 1.165) is 28.3 Å². The smallest absolute Gasteiger partial charge is 0.293 e. The summed E-state index contributed by atoms with van der Waals surface area (Å²) in [6, 6.07) is 19.9. The molecule has 4 rings (SSSR count). The monoisotopic (exact) mass is 384 g/mol. The van der Waals surface area contributed by atoms with Crippen LogP contribution in [0.4, 0.5) is 13.2 Å². The van der Waals surface area contributed by atoms with Crippen molar-refractivity contribution in [2.45, 2.75) is 23.0 Å². The van der Waals surface area contributed by atoms with Gasteiger partial charge in [-0.1, -0.05) is 59.8 Å². The topological polar surface area (TPSA) is 17.3 Å². The van der Waals surface area contributed by atoms with E-state index >= 15 is 0 Å². The molecular formula is C21H15F3N2S. The maximum absolute atomic E-state index is 13.2. The predicted molar refractivity (Wildman–Crippen MR) is 101 cm³/mol. The van der Waals surface area contributed by atoms with E-state index in [2.05, 4.69) is 4.98 Å². The van der Waals surface area contributed by atoms with Gasteiger partial charge in [-0.15, -0.1) is 0 Å². The Morgan fingerprint density at radius 3 is 2.26 bits per heavy atom. The highest BCUT2D eigenvalue weighted by molar-refractivity contribution is 7.99. The van der Waals surface area contributed by atoms with Crippen LogP contribution in [0.5, 0.6) is 0 Å². The number of hydrogen-bond donors (Lipinski definition) is 0. The molecule has 0 aliphatic rings. The Morgan fingerprint density at radius 1 is 0.889 bits per heavy atom. The molecule has 6 heteroatoms. The second kappa shape index (κ2) is 6.78. The summed E-state index contributed by atoms with van der Waals surface area (Å²) in [7, 11) is 0. The van der Waals surface area contributed by atoms with Crippen molar-refractivity contribution in [3.63, 3.8) is 0 Å². The minimum Gasteiger partial charge on any atom is -0.293 e. The molecular weight excluding hydrogens is 369 g/mol. The largest absolute Gasteiger partial charge is 0.417 e. The predicted octanol–water partition coefficient (Wildman–Crippen LogP) is 6.48. The van der Waals surface area contributed by atoms with E-state index in [4.69, 9.17) is 0 Å². The van der Waals surface area contributed by atoms with Crippen molar-refractivity contribution in [2.24, 2.45) is 0 Å². The number of aryl methyl sites for hydroxylation is 1. The van der Waals surface area contributed by atoms with Crippen LogP contribution in [0, 0.1) is 6.92 Å². The molecule has 0 aliphatic carbocycles. The third-order valence-corrected chi connectivity index (χ3v) is 5.28. The molecule has 0 atom stereocenters.